The van der Waals surface area contributed by atoms with Crippen LogP contribution in [0.5, 0.6) is 0 Å². The molecule has 4 aromatic rings. The van der Waals surface area contributed by atoms with Crippen molar-refractivity contribution in [1.29, 1.82) is 5.26 Å². The molecule has 3 aliphatic rings. The number of amides is 1. The number of carbonyl (C=O) groups is 1. The second-order valence-corrected chi connectivity index (χ2v) is 13.1. The van der Waals surface area contributed by atoms with E-state index in [1.165, 1.54) is 35.2 Å². The molecule has 0 radical (unpaired) electrons. The van der Waals surface area contributed by atoms with Gasteiger partial charge >= 0.3 is 12.4 Å². The molecule has 0 atom stereocenters. The third-order valence-corrected chi connectivity index (χ3v) is 9.62. The summed E-state index contributed by atoms with van der Waals surface area (Å²) in [5.41, 5.74) is -1.42. The van der Waals surface area contributed by atoms with Crippen molar-refractivity contribution in [2.45, 2.75) is 56.7 Å². The summed E-state index contributed by atoms with van der Waals surface area (Å²) < 4.78 is 93.0. The maximum atomic E-state index is 14.6. The fraction of sp³-hybridized carbons (Fsp3) is 0.400. The number of nitrogens with zero attached hydrogens (tertiary/aromatic N) is 7. The second-order valence-electron chi connectivity index (χ2n) is 13.1. The highest BCUT2D eigenvalue weighted by molar-refractivity contribution is 6.10. The van der Waals surface area contributed by atoms with Gasteiger partial charge in [0.25, 0.3) is 5.91 Å². The number of halogens is 6. The van der Waals surface area contributed by atoms with E-state index in [1.54, 1.807) is 7.05 Å². The quantitative estimate of drug-likeness (QED) is 0.149. The fourth-order valence-corrected chi connectivity index (χ4v) is 6.80. The number of rotatable bonds is 9. The lowest BCUT2D eigenvalue weighted by atomic mass is 9.96. The first kappa shape index (κ1) is 34.4. The van der Waals surface area contributed by atoms with Crippen LogP contribution in [0.2, 0.25) is 0 Å². The van der Waals surface area contributed by atoms with Crippen molar-refractivity contribution in [3.8, 4) is 28.6 Å². The predicted molar refractivity (Wildman–Crippen MR) is 173 cm³/mol. The molecule has 1 saturated carbocycles. The highest BCUT2D eigenvalue weighted by Crippen LogP contribution is 2.46. The first-order valence-electron chi connectivity index (χ1n) is 16.3. The number of morpholine rings is 1. The van der Waals surface area contributed by atoms with Crippen molar-refractivity contribution in [2.75, 3.05) is 36.5 Å². The number of fused-ring (bicyclic) bond motifs is 1. The van der Waals surface area contributed by atoms with E-state index in [0.717, 1.165) is 35.9 Å². The summed E-state index contributed by atoms with van der Waals surface area (Å²) in [6.45, 7) is 1.57. The van der Waals surface area contributed by atoms with Crippen molar-refractivity contribution in [1.82, 2.24) is 24.6 Å². The summed E-state index contributed by atoms with van der Waals surface area (Å²) in [5, 5.41) is 20.0. The van der Waals surface area contributed by atoms with Crippen LogP contribution in [-0.2, 0) is 37.2 Å². The van der Waals surface area contributed by atoms with E-state index in [9.17, 15) is 31.1 Å². The fourth-order valence-electron chi connectivity index (χ4n) is 6.80. The normalized spacial score (nSPS) is 17.1. The molecule has 7 rings (SSSR count). The number of nitrogens with one attached hydrogen (secondary N) is 1. The number of unbranched alkanes of at least 4 members (excludes halogenated alkanes) is 1. The molecule has 10 nitrogen and oxygen atoms in total. The molecular weight excluding hydrogens is 678 g/mol. The Labute approximate surface area is 288 Å². The molecule has 51 heavy (non-hydrogen) atoms. The Morgan fingerprint density at radius 3 is 2.51 bits per heavy atom. The highest BCUT2D eigenvalue weighted by Gasteiger charge is 2.50. The van der Waals surface area contributed by atoms with Crippen molar-refractivity contribution in [3.63, 3.8) is 0 Å². The molecule has 0 bridgehead atoms. The van der Waals surface area contributed by atoms with Crippen LogP contribution in [0.15, 0.2) is 48.8 Å². The smallest absolute Gasteiger partial charge is 0.378 e. The third kappa shape index (κ3) is 6.75. The number of aromatic nitrogens is 4. The topological polar surface area (TPSA) is 112 Å². The predicted octanol–water partition coefficient (Wildman–Crippen LogP) is 6.82. The van der Waals surface area contributed by atoms with Gasteiger partial charge in [-0.15, -0.1) is 10.2 Å². The summed E-state index contributed by atoms with van der Waals surface area (Å²) in [6.07, 6.45) is -5.65. The summed E-state index contributed by atoms with van der Waals surface area (Å²) in [4.78, 5) is 21.8. The van der Waals surface area contributed by atoms with Crippen LogP contribution in [0.4, 0.5) is 38.0 Å². The van der Waals surface area contributed by atoms with Crippen LogP contribution in [0.25, 0.3) is 22.5 Å². The minimum absolute atomic E-state index is 0.0578. The van der Waals surface area contributed by atoms with Gasteiger partial charge in [0.15, 0.2) is 5.82 Å². The number of nitriles is 1. The largest absolute Gasteiger partial charge is 0.416 e. The molecule has 16 heteroatoms. The van der Waals surface area contributed by atoms with Gasteiger partial charge in [-0.05, 0) is 84.0 Å². The summed E-state index contributed by atoms with van der Waals surface area (Å²) in [5.74, 6) is -0.346. The standard InChI is InChI=1S/C35H32F6N8O2/c1-47-20-44-46-31(47)24-5-4-23(34(36,37)38)16-25(24)22-14-29(43-9-3-2-8-42)45-30(15-22)49-18-27-26(32(49)50)12-21(13-28(27)35(39,40)41)17-48-10-11-51-19-33(48)6-7-33/h4-5,12-16,20H,2-3,6-7,9-11,17-19H2,1H3,(H,43,45). The minimum atomic E-state index is -4.76. The Morgan fingerprint density at radius 2 is 1.82 bits per heavy atom. The number of alkyl halides is 6. The highest BCUT2D eigenvalue weighted by atomic mass is 19.4. The van der Waals surface area contributed by atoms with Crippen LogP contribution < -0.4 is 10.2 Å². The number of carbonyl (C=O) groups excluding carboxylic acids is 1. The van der Waals surface area contributed by atoms with Gasteiger partial charge in [-0.3, -0.25) is 14.6 Å². The maximum Gasteiger partial charge on any atom is 0.416 e. The second kappa shape index (κ2) is 13.0. The number of aryl methyl sites for hydroxylation is 1. The summed E-state index contributed by atoms with van der Waals surface area (Å²) in [7, 11) is 1.63. The van der Waals surface area contributed by atoms with Gasteiger partial charge in [0.2, 0.25) is 0 Å². The molecule has 1 spiro atoms. The van der Waals surface area contributed by atoms with E-state index in [4.69, 9.17) is 10.00 Å². The first-order chi connectivity index (χ1) is 24.3. The zero-order chi connectivity index (χ0) is 36.1. The Balaban J connectivity index is 1.32. The van der Waals surface area contributed by atoms with Crippen LogP contribution in [0, 0.1) is 11.3 Å². The lowest BCUT2D eigenvalue weighted by Gasteiger charge is -2.36. The van der Waals surface area contributed by atoms with Crippen LogP contribution in [-0.4, -0.2) is 62.4 Å². The van der Waals surface area contributed by atoms with E-state index in [1.807, 2.05) is 6.07 Å². The maximum absolute atomic E-state index is 14.6. The number of benzene rings is 2. The van der Waals surface area contributed by atoms with E-state index in [0.29, 0.717) is 37.3 Å². The Hall–Kier alpha value is -5.01. The molecule has 0 unspecified atom stereocenters. The number of pyridine rings is 1. The van der Waals surface area contributed by atoms with Gasteiger partial charge in [-0.2, -0.15) is 31.6 Å². The summed E-state index contributed by atoms with van der Waals surface area (Å²) >= 11 is 0. The molecule has 1 amide bonds. The van der Waals surface area contributed by atoms with Gasteiger partial charge in [-0.25, -0.2) is 4.98 Å². The van der Waals surface area contributed by atoms with Crippen LogP contribution in [0.3, 0.4) is 0 Å². The summed E-state index contributed by atoms with van der Waals surface area (Å²) in [6, 6.07) is 10.7. The van der Waals surface area contributed by atoms with Crippen LogP contribution >= 0.6 is 0 Å². The Morgan fingerprint density at radius 1 is 1.02 bits per heavy atom. The van der Waals surface area contributed by atoms with Crippen LogP contribution in [0.1, 0.15) is 58.3 Å². The average Bonchev–Trinajstić information content (AvgIpc) is 3.60. The number of hydrogen-bond acceptors (Lipinski definition) is 8. The van der Waals surface area contributed by atoms with E-state index in [2.05, 4.69) is 25.4 Å². The molecular formula is C35H32F6N8O2. The molecule has 2 fully saturated rings. The lowest BCUT2D eigenvalue weighted by Crippen LogP contribution is -2.46. The monoisotopic (exact) mass is 710 g/mol. The number of anilines is 2. The Kier molecular flexibility index (Phi) is 8.75. The molecule has 4 heterocycles. The molecule has 2 aromatic carbocycles. The van der Waals surface area contributed by atoms with E-state index >= 15 is 0 Å². The van der Waals surface area contributed by atoms with Gasteiger partial charge in [0.05, 0.1) is 37.0 Å². The van der Waals surface area contributed by atoms with Gasteiger partial charge < -0.3 is 14.6 Å². The molecule has 1 N–H and O–H groups in total. The van der Waals surface area contributed by atoms with Gasteiger partial charge in [-0.1, -0.05) is 0 Å². The SMILES string of the molecule is Cn1cnnc1-c1ccc(C(F)(F)F)cc1-c1cc(NCCCC#N)nc(N2Cc3c(cc(CN4CCOCC45CC5)cc3C(F)(F)F)C2=O)c1. The molecule has 266 valence electrons. The lowest BCUT2D eigenvalue weighted by molar-refractivity contribution is -0.138. The minimum Gasteiger partial charge on any atom is -0.378 e. The molecule has 2 aromatic heterocycles. The third-order valence-electron chi connectivity index (χ3n) is 9.62. The van der Waals surface area contributed by atoms with E-state index < -0.39 is 35.9 Å². The van der Waals surface area contributed by atoms with Crippen molar-refractivity contribution >= 4 is 17.5 Å². The van der Waals surface area contributed by atoms with E-state index in [-0.39, 0.29) is 64.8 Å². The first-order valence-corrected chi connectivity index (χ1v) is 16.3. The van der Waals surface area contributed by atoms with Crippen molar-refractivity contribution in [3.05, 3.63) is 76.6 Å². The number of ether oxygens (including phenoxy) is 1. The molecule has 1 aliphatic carbocycles. The molecule has 1 saturated heterocycles. The Bertz CT molecular complexity index is 2030. The molecule has 2 aliphatic heterocycles. The van der Waals surface area contributed by atoms with Gasteiger partial charge in [0, 0.05) is 49.8 Å². The van der Waals surface area contributed by atoms with Crippen molar-refractivity contribution < 1.29 is 35.9 Å². The van der Waals surface area contributed by atoms with Crippen molar-refractivity contribution in [2.24, 2.45) is 7.05 Å². The average molecular weight is 711 g/mol. The zero-order valence-corrected chi connectivity index (χ0v) is 27.4. The number of hydrogen-bond donors (Lipinski definition) is 1. The zero-order valence-electron chi connectivity index (χ0n) is 27.4. The van der Waals surface area contributed by atoms with Gasteiger partial charge in [0.1, 0.15) is 18.0 Å².